The van der Waals surface area contributed by atoms with Crippen molar-refractivity contribution in [2.75, 3.05) is 19.6 Å². The Hall–Kier alpha value is -0.940. The van der Waals surface area contributed by atoms with E-state index in [0.717, 1.165) is 6.42 Å². The van der Waals surface area contributed by atoms with Crippen LogP contribution in [0.15, 0.2) is 22.7 Å². The standard InChI is InChI=1S/C13H16BrFN2O/c1-13(7-16)4-5-17(8-13)12(18)10-6-9(14)2-3-11(10)15/h2-3,6H,4-5,7-8,16H2,1H3. The number of nitrogens with two attached hydrogens (primary N) is 1. The summed E-state index contributed by atoms with van der Waals surface area (Å²) < 4.78 is 14.4. The van der Waals surface area contributed by atoms with Crippen LogP contribution in [0.3, 0.4) is 0 Å². The second kappa shape index (κ2) is 4.97. The maximum absolute atomic E-state index is 13.7. The van der Waals surface area contributed by atoms with E-state index in [2.05, 4.69) is 22.9 Å². The Kier molecular flexibility index (Phi) is 3.73. The van der Waals surface area contributed by atoms with Crippen LogP contribution in [0.1, 0.15) is 23.7 Å². The van der Waals surface area contributed by atoms with Crippen LogP contribution in [0.2, 0.25) is 0 Å². The molecule has 0 spiro atoms. The Balaban J connectivity index is 2.20. The number of likely N-dealkylation sites (tertiary alicyclic amines) is 1. The first-order valence-electron chi connectivity index (χ1n) is 5.90. The van der Waals surface area contributed by atoms with E-state index in [1.807, 2.05) is 0 Å². The third-order valence-electron chi connectivity index (χ3n) is 3.50. The van der Waals surface area contributed by atoms with Gasteiger partial charge in [-0.3, -0.25) is 4.79 Å². The number of carbonyl (C=O) groups is 1. The van der Waals surface area contributed by atoms with Gasteiger partial charge in [0.15, 0.2) is 0 Å². The Labute approximate surface area is 114 Å². The first-order chi connectivity index (χ1) is 8.45. The van der Waals surface area contributed by atoms with Crippen molar-refractivity contribution in [3.05, 3.63) is 34.1 Å². The average Bonchev–Trinajstić information content (AvgIpc) is 2.75. The van der Waals surface area contributed by atoms with Crippen molar-refractivity contribution in [2.45, 2.75) is 13.3 Å². The molecule has 1 saturated heterocycles. The number of halogens is 2. The molecular formula is C13H16BrFN2O. The minimum absolute atomic E-state index is 0.0435. The molecule has 1 unspecified atom stereocenters. The van der Waals surface area contributed by atoms with Crippen LogP contribution in [0, 0.1) is 11.2 Å². The Morgan fingerprint density at radius 2 is 2.33 bits per heavy atom. The molecule has 0 aromatic heterocycles. The number of benzene rings is 1. The SMILES string of the molecule is CC1(CN)CCN(C(=O)c2cc(Br)ccc2F)C1. The molecule has 1 aromatic carbocycles. The zero-order chi connectivity index (χ0) is 13.3. The van der Waals surface area contributed by atoms with Crippen molar-refractivity contribution in [2.24, 2.45) is 11.1 Å². The minimum Gasteiger partial charge on any atom is -0.338 e. The highest BCUT2D eigenvalue weighted by Crippen LogP contribution is 2.30. The monoisotopic (exact) mass is 314 g/mol. The van der Waals surface area contributed by atoms with E-state index in [1.165, 1.54) is 12.1 Å². The second-order valence-electron chi connectivity index (χ2n) is 5.12. The molecule has 5 heteroatoms. The predicted octanol–water partition coefficient (Wildman–Crippen LogP) is 2.40. The van der Waals surface area contributed by atoms with Crippen LogP contribution >= 0.6 is 15.9 Å². The molecule has 1 atom stereocenters. The van der Waals surface area contributed by atoms with Crippen molar-refractivity contribution in [1.29, 1.82) is 0 Å². The largest absolute Gasteiger partial charge is 0.338 e. The van der Waals surface area contributed by atoms with Gasteiger partial charge in [0.25, 0.3) is 5.91 Å². The maximum atomic E-state index is 13.7. The van der Waals surface area contributed by atoms with Gasteiger partial charge in [-0.05, 0) is 36.6 Å². The van der Waals surface area contributed by atoms with Crippen molar-refractivity contribution >= 4 is 21.8 Å². The number of amides is 1. The van der Waals surface area contributed by atoms with E-state index in [1.54, 1.807) is 11.0 Å². The van der Waals surface area contributed by atoms with Crippen molar-refractivity contribution in [1.82, 2.24) is 4.90 Å². The van der Waals surface area contributed by atoms with Gasteiger partial charge < -0.3 is 10.6 Å². The molecule has 18 heavy (non-hydrogen) atoms. The summed E-state index contributed by atoms with van der Waals surface area (Å²) in [7, 11) is 0. The molecule has 2 rings (SSSR count). The molecular weight excluding hydrogens is 299 g/mol. The third-order valence-corrected chi connectivity index (χ3v) is 3.99. The summed E-state index contributed by atoms with van der Waals surface area (Å²) in [4.78, 5) is 13.9. The van der Waals surface area contributed by atoms with Crippen molar-refractivity contribution in [3.8, 4) is 0 Å². The van der Waals surface area contributed by atoms with Gasteiger partial charge in [-0.2, -0.15) is 0 Å². The molecule has 3 nitrogen and oxygen atoms in total. The zero-order valence-electron chi connectivity index (χ0n) is 10.2. The van der Waals surface area contributed by atoms with Gasteiger partial charge in [-0.1, -0.05) is 22.9 Å². The number of nitrogens with zero attached hydrogens (tertiary/aromatic N) is 1. The molecule has 1 aliphatic rings. The highest BCUT2D eigenvalue weighted by atomic mass is 79.9. The normalized spacial score (nSPS) is 23.4. The fraction of sp³-hybridized carbons (Fsp3) is 0.462. The summed E-state index contributed by atoms with van der Waals surface area (Å²) in [6.07, 6.45) is 0.866. The molecule has 0 aliphatic carbocycles. The number of hydrogen-bond donors (Lipinski definition) is 1. The summed E-state index contributed by atoms with van der Waals surface area (Å²) in [5.74, 6) is -0.740. The molecule has 0 saturated carbocycles. The lowest BCUT2D eigenvalue weighted by molar-refractivity contribution is 0.0772. The fourth-order valence-electron chi connectivity index (χ4n) is 2.20. The highest BCUT2D eigenvalue weighted by molar-refractivity contribution is 9.10. The third kappa shape index (κ3) is 2.57. The van der Waals surface area contributed by atoms with E-state index >= 15 is 0 Å². The van der Waals surface area contributed by atoms with Gasteiger partial charge in [-0.25, -0.2) is 4.39 Å². The molecule has 0 radical (unpaired) electrons. The lowest BCUT2D eigenvalue weighted by atomic mass is 9.90. The van der Waals surface area contributed by atoms with Gasteiger partial charge in [0.2, 0.25) is 0 Å². The number of hydrogen-bond acceptors (Lipinski definition) is 2. The fourth-order valence-corrected chi connectivity index (χ4v) is 2.56. The summed E-state index contributed by atoms with van der Waals surface area (Å²) in [5, 5.41) is 0. The van der Waals surface area contributed by atoms with Crippen LogP contribution in [-0.2, 0) is 0 Å². The number of rotatable bonds is 2. The molecule has 1 fully saturated rings. The van der Waals surface area contributed by atoms with Crippen LogP contribution in [0.5, 0.6) is 0 Å². The van der Waals surface area contributed by atoms with Crippen LogP contribution < -0.4 is 5.73 Å². The number of carbonyl (C=O) groups excluding carboxylic acids is 1. The zero-order valence-corrected chi connectivity index (χ0v) is 11.8. The summed E-state index contributed by atoms with van der Waals surface area (Å²) in [5.41, 5.74) is 5.78. The van der Waals surface area contributed by atoms with Crippen LogP contribution in [-0.4, -0.2) is 30.4 Å². The van der Waals surface area contributed by atoms with E-state index in [0.29, 0.717) is 24.1 Å². The van der Waals surface area contributed by atoms with Gasteiger partial charge in [0.1, 0.15) is 5.82 Å². The summed E-state index contributed by atoms with van der Waals surface area (Å²) in [6, 6.07) is 4.41. The molecule has 1 aliphatic heterocycles. The minimum atomic E-state index is -0.482. The Morgan fingerprint density at radius 1 is 1.61 bits per heavy atom. The molecule has 98 valence electrons. The molecule has 1 aromatic rings. The van der Waals surface area contributed by atoms with Gasteiger partial charge in [0, 0.05) is 17.6 Å². The lowest BCUT2D eigenvalue weighted by Gasteiger charge is -2.22. The van der Waals surface area contributed by atoms with Crippen molar-refractivity contribution < 1.29 is 9.18 Å². The Morgan fingerprint density at radius 3 is 2.94 bits per heavy atom. The molecule has 1 amide bonds. The molecule has 1 heterocycles. The average molecular weight is 315 g/mol. The topological polar surface area (TPSA) is 46.3 Å². The van der Waals surface area contributed by atoms with E-state index < -0.39 is 5.82 Å². The van der Waals surface area contributed by atoms with E-state index in [-0.39, 0.29) is 16.9 Å². The summed E-state index contributed by atoms with van der Waals surface area (Å²) >= 11 is 3.25. The van der Waals surface area contributed by atoms with Crippen molar-refractivity contribution in [3.63, 3.8) is 0 Å². The summed E-state index contributed by atoms with van der Waals surface area (Å²) in [6.45, 7) is 3.82. The van der Waals surface area contributed by atoms with E-state index in [4.69, 9.17) is 5.73 Å². The highest BCUT2D eigenvalue weighted by Gasteiger charge is 2.35. The molecule has 2 N–H and O–H groups in total. The van der Waals surface area contributed by atoms with Crippen LogP contribution in [0.25, 0.3) is 0 Å². The van der Waals surface area contributed by atoms with Gasteiger partial charge in [-0.15, -0.1) is 0 Å². The second-order valence-corrected chi connectivity index (χ2v) is 6.03. The van der Waals surface area contributed by atoms with E-state index in [9.17, 15) is 9.18 Å². The van der Waals surface area contributed by atoms with Gasteiger partial charge >= 0.3 is 0 Å². The Bertz CT molecular complexity index is 480. The lowest BCUT2D eigenvalue weighted by Crippen LogP contribution is -2.34. The quantitative estimate of drug-likeness (QED) is 0.911. The molecule has 0 bridgehead atoms. The predicted molar refractivity (Wildman–Crippen MR) is 71.8 cm³/mol. The smallest absolute Gasteiger partial charge is 0.256 e. The van der Waals surface area contributed by atoms with Gasteiger partial charge in [0.05, 0.1) is 5.56 Å². The first kappa shape index (κ1) is 13.5. The maximum Gasteiger partial charge on any atom is 0.256 e. The van der Waals surface area contributed by atoms with Crippen LogP contribution in [0.4, 0.5) is 4.39 Å². The first-order valence-corrected chi connectivity index (χ1v) is 6.69.